The zero-order valence-electron chi connectivity index (χ0n) is 11.3. The lowest BCUT2D eigenvalue weighted by atomic mass is 10.0. The molecule has 1 amide bonds. The van der Waals surface area contributed by atoms with Crippen molar-refractivity contribution in [1.29, 1.82) is 0 Å². The van der Waals surface area contributed by atoms with Crippen LogP contribution in [0.3, 0.4) is 0 Å². The number of hydrogen-bond donors (Lipinski definition) is 1. The molecule has 2 bridgehead atoms. The van der Waals surface area contributed by atoms with E-state index in [-0.39, 0.29) is 16.7 Å². The van der Waals surface area contributed by atoms with Crippen LogP contribution < -0.4 is 5.32 Å². The zero-order chi connectivity index (χ0) is 14.8. The fourth-order valence-corrected chi connectivity index (χ4v) is 5.37. The van der Waals surface area contributed by atoms with Gasteiger partial charge in [-0.1, -0.05) is 0 Å². The molecule has 3 aliphatic carbocycles. The molecular formula is C15H16ClNO3S. The Morgan fingerprint density at radius 2 is 1.67 bits per heavy atom. The van der Waals surface area contributed by atoms with Gasteiger partial charge in [-0.3, -0.25) is 4.79 Å². The minimum Gasteiger partial charge on any atom is -0.326 e. The van der Waals surface area contributed by atoms with Crippen LogP contribution in [-0.2, 0) is 13.8 Å². The molecule has 0 spiro atoms. The lowest BCUT2D eigenvalue weighted by Crippen LogP contribution is -2.18. The Labute approximate surface area is 128 Å². The van der Waals surface area contributed by atoms with Gasteiger partial charge < -0.3 is 5.32 Å². The first kappa shape index (κ1) is 13.6. The third-order valence-corrected chi connectivity index (χ3v) is 6.81. The Hall–Kier alpha value is -1.07. The minimum absolute atomic E-state index is 0.0449. The lowest BCUT2D eigenvalue weighted by molar-refractivity contribution is -0.118. The van der Waals surface area contributed by atoms with Gasteiger partial charge in [0.05, 0.1) is 4.90 Å². The smallest absolute Gasteiger partial charge is 0.261 e. The van der Waals surface area contributed by atoms with Gasteiger partial charge in [0.2, 0.25) is 5.91 Å². The van der Waals surface area contributed by atoms with E-state index in [1.54, 1.807) is 12.1 Å². The van der Waals surface area contributed by atoms with Crippen LogP contribution in [0, 0.1) is 29.6 Å². The summed E-state index contributed by atoms with van der Waals surface area (Å²) in [7, 11) is 1.55. The van der Waals surface area contributed by atoms with Crippen molar-refractivity contribution < 1.29 is 13.2 Å². The first-order valence-corrected chi connectivity index (χ1v) is 9.61. The second kappa shape index (κ2) is 4.46. The van der Waals surface area contributed by atoms with Gasteiger partial charge in [-0.2, -0.15) is 0 Å². The van der Waals surface area contributed by atoms with E-state index in [0.29, 0.717) is 17.5 Å². The van der Waals surface area contributed by atoms with Crippen LogP contribution in [0.1, 0.15) is 19.3 Å². The van der Waals surface area contributed by atoms with Crippen molar-refractivity contribution in [3.8, 4) is 0 Å². The molecule has 4 atom stereocenters. The van der Waals surface area contributed by atoms with E-state index < -0.39 is 9.05 Å². The number of fused-ring (bicyclic) bond motifs is 5. The molecule has 0 aromatic heterocycles. The van der Waals surface area contributed by atoms with Crippen LogP contribution in [0.25, 0.3) is 0 Å². The Balaban J connectivity index is 1.44. The predicted octanol–water partition coefficient (Wildman–Crippen LogP) is 2.84. The fraction of sp³-hybridized carbons (Fsp3) is 0.533. The number of hydrogen-bond acceptors (Lipinski definition) is 3. The lowest BCUT2D eigenvalue weighted by Gasteiger charge is -2.09. The maximum Gasteiger partial charge on any atom is 0.261 e. The van der Waals surface area contributed by atoms with Crippen molar-refractivity contribution in [1.82, 2.24) is 0 Å². The van der Waals surface area contributed by atoms with Crippen molar-refractivity contribution in [2.75, 3.05) is 5.32 Å². The summed E-state index contributed by atoms with van der Waals surface area (Å²) in [5.41, 5.74) is 0.626. The minimum atomic E-state index is -3.71. The van der Waals surface area contributed by atoms with E-state index in [1.165, 1.54) is 31.4 Å². The average Bonchev–Trinajstić information content (AvgIpc) is 2.88. The number of carbonyl (C=O) groups excluding carboxylic acids is 1. The molecule has 3 fully saturated rings. The zero-order valence-corrected chi connectivity index (χ0v) is 12.9. The SMILES string of the molecule is O=C(Nc1ccc(S(=O)(=O)Cl)cc1)C1C2C3CCC(C3)C12. The van der Waals surface area contributed by atoms with Crippen LogP contribution in [-0.4, -0.2) is 14.3 Å². The fourth-order valence-electron chi connectivity index (χ4n) is 4.60. The Bertz CT molecular complexity index is 684. The number of rotatable bonds is 3. The quantitative estimate of drug-likeness (QED) is 0.869. The molecule has 3 saturated carbocycles. The summed E-state index contributed by atoms with van der Waals surface area (Å²) in [6.07, 6.45) is 3.90. The normalized spacial score (nSPS) is 36.3. The molecule has 4 rings (SSSR count). The Morgan fingerprint density at radius 3 is 2.19 bits per heavy atom. The number of amides is 1. The molecule has 112 valence electrons. The van der Waals surface area contributed by atoms with Crippen LogP contribution in [0.5, 0.6) is 0 Å². The van der Waals surface area contributed by atoms with E-state index in [9.17, 15) is 13.2 Å². The van der Waals surface area contributed by atoms with E-state index in [0.717, 1.165) is 11.8 Å². The maximum atomic E-state index is 12.3. The summed E-state index contributed by atoms with van der Waals surface area (Å²) in [6, 6.07) is 5.99. The summed E-state index contributed by atoms with van der Waals surface area (Å²) in [6.45, 7) is 0. The number of benzene rings is 1. The molecule has 6 heteroatoms. The second-order valence-corrected chi connectivity index (χ2v) is 9.03. The van der Waals surface area contributed by atoms with E-state index in [2.05, 4.69) is 5.32 Å². The standard InChI is InChI=1S/C15H16ClNO3S/c16-21(19,20)11-5-3-10(4-6-11)17-15(18)14-12-8-1-2-9(7-8)13(12)14/h3-6,8-9,12-14H,1-2,7H2,(H,17,18). The van der Waals surface area contributed by atoms with Gasteiger partial charge in [0.1, 0.15) is 0 Å². The molecular weight excluding hydrogens is 310 g/mol. The highest BCUT2D eigenvalue weighted by Gasteiger charge is 2.67. The summed E-state index contributed by atoms with van der Waals surface area (Å²) in [4.78, 5) is 12.4. The van der Waals surface area contributed by atoms with Crippen LogP contribution in [0.15, 0.2) is 29.2 Å². The number of nitrogens with one attached hydrogen (secondary N) is 1. The molecule has 4 unspecified atom stereocenters. The topological polar surface area (TPSA) is 63.2 Å². The third-order valence-electron chi connectivity index (χ3n) is 5.44. The number of halogens is 1. The van der Waals surface area contributed by atoms with Crippen LogP contribution in [0.2, 0.25) is 0 Å². The monoisotopic (exact) mass is 325 g/mol. The van der Waals surface area contributed by atoms with Crippen LogP contribution in [0.4, 0.5) is 5.69 Å². The molecule has 4 nitrogen and oxygen atoms in total. The average molecular weight is 326 g/mol. The van der Waals surface area contributed by atoms with E-state index >= 15 is 0 Å². The van der Waals surface area contributed by atoms with E-state index in [4.69, 9.17) is 10.7 Å². The van der Waals surface area contributed by atoms with Crippen molar-refractivity contribution >= 4 is 31.3 Å². The first-order valence-electron chi connectivity index (χ1n) is 7.31. The highest BCUT2D eigenvalue weighted by molar-refractivity contribution is 8.13. The van der Waals surface area contributed by atoms with Gasteiger partial charge >= 0.3 is 0 Å². The van der Waals surface area contributed by atoms with E-state index in [1.807, 2.05) is 0 Å². The van der Waals surface area contributed by atoms with Crippen molar-refractivity contribution in [2.24, 2.45) is 29.6 Å². The van der Waals surface area contributed by atoms with Gasteiger partial charge in [0.25, 0.3) is 9.05 Å². The molecule has 1 aromatic carbocycles. The van der Waals surface area contributed by atoms with Crippen molar-refractivity contribution in [3.05, 3.63) is 24.3 Å². The van der Waals surface area contributed by atoms with Crippen molar-refractivity contribution in [3.63, 3.8) is 0 Å². The summed E-state index contributed by atoms with van der Waals surface area (Å²) >= 11 is 0. The summed E-state index contributed by atoms with van der Waals surface area (Å²) in [5.74, 6) is 2.99. The van der Waals surface area contributed by atoms with Crippen molar-refractivity contribution in [2.45, 2.75) is 24.2 Å². The van der Waals surface area contributed by atoms with Crippen LogP contribution >= 0.6 is 10.7 Å². The molecule has 0 saturated heterocycles. The molecule has 0 heterocycles. The first-order chi connectivity index (χ1) is 9.95. The predicted molar refractivity (Wildman–Crippen MR) is 79.4 cm³/mol. The molecule has 0 radical (unpaired) electrons. The highest BCUT2D eigenvalue weighted by atomic mass is 35.7. The van der Waals surface area contributed by atoms with Gasteiger partial charge in [0, 0.05) is 22.3 Å². The molecule has 21 heavy (non-hydrogen) atoms. The Kier molecular flexibility index (Phi) is 2.89. The van der Waals surface area contributed by atoms with Gasteiger partial charge in [0.15, 0.2) is 0 Å². The van der Waals surface area contributed by atoms with Gasteiger partial charge in [-0.25, -0.2) is 8.42 Å². The Morgan fingerprint density at radius 1 is 1.10 bits per heavy atom. The molecule has 0 aliphatic heterocycles. The molecule has 3 aliphatic rings. The highest BCUT2D eigenvalue weighted by Crippen LogP contribution is 2.69. The molecule has 1 N–H and O–H groups in total. The largest absolute Gasteiger partial charge is 0.326 e. The second-order valence-electron chi connectivity index (χ2n) is 6.47. The number of carbonyl (C=O) groups is 1. The number of anilines is 1. The van der Waals surface area contributed by atoms with Gasteiger partial charge in [-0.05, 0) is 67.2 Å². The maximum absolute atomic E-state index is 12.3. The summed E-state index contributed by atoms with van der Waals surface area (Å²) in [5, 5.41) is 2.90. The summed E-state index contributed by atoms with van der Waals surface area (Å²) < 4.78 is 22.3. The third kappa shape index (κ3) is 2.18. The molecule has 1 aromatic rings. The van der Waals surface area contributed by atoms with Gasteiger partial charge in [-0.15, -0.1) is 0 Å².